The van der Waals surface area contributed by atoms with Crippen LogP contribution in [0.2, 0.25) is 0 Å². The Bertz CT molecular complexity index is 466. The van der Waals surface area contributed by atoms with Gasteiger partial charge >= 0.3 is 0 Å². The fraction of sp³-hybridized carbons (Fsp3) is 0.667. The highest BCUT2D eigenvalue weighted by Crippen LogP contribution is 2.30. The quantitative estimate of drug-likeness (QED) is 0.925. The number of methoxy groups -OCH3 is 1. The summed E-state index contributed by atoms with van der Waals surface area (Å²) < 4.78 is 5.38. The average Bonchev–Trinajstić information content (AvgIpc) is 2.55. The number of piperidine rings is 1. The van der Waals surface area contributed by atoms with Crippen molar-refractivity contribution < 1.29 is 4.74 Å². The first-order valence-corrected chi connectivity index (χ1v) is 8.40. The van der Waals surface area contributed by atoms with E-state index in [2.05, 4.69) is 23.1 Å². The molecule has 0 radical (unpaired) electrons. The Morgan fingerprint density at radius 2 is 2.00 bits per heavy atom. The average molecular weight is 288 g/mol. The topological polar surface area (TPSA) is 38.5 Å². The Balaban J connectivity index is 1.61. The smallest absolute Gasteiger partial charge is 0.119 e. The summed E-state index contributed by atoms with van der Waals surface area (Å²) in [6.45, 7) is 3.37. The lowest BCUT2D eigenvalue weighted by atomic mass is 9.85. The van der Waals surface area contributed by atoms with E-state index >= 15 is 0 Å². The SMILES string of the molecule is COc1ccc2c(c1)CC(N1CCC(CCN)CC1)CC2. The van der Waals surface area contributed by atoms with Gasteiger partial charge in [-0.2, -0.15) is 0 Å². The lowest BCUT2D eigenvalue weighted by molar-refractivity contribution is 0.120. The highest BCUT2D eigenvalue weighted by atomic mass is 16.5. The summed E-state index contributed by atoms with van der Waals surface area (Å²) in [7, 11) is 1.75. The summed E-state index contributed by atoms with van der Waals surface area (Å²) >= 11 is 0. The van der Waals surface area contributed by atoms with Crippen molar-refractivity contribution in [3.63, 3.8) is 0 Å². The second-order valence-corrected chi connectivity index (χ2v) is 6.59. The maximum atomic E-state index is 5.69. The standard InChI is InChI=1S/C18H28N2O/c1-21-18-5-3-15-2-4-17(12-16(15)13-18)20-10-7-14(6-9-19)8-11-20/h3,5,13-14,17H,2,4,6-12,19H2,1H3. The van der Waals surface area contributed by atoms with Crippen molar-refractivity contribution in [2.24, 2.45) is 11.7 Å². The van der Waals surface area contributed by atoms with E-state index in [0.29, 0.717) is 0 Å². The van der Waals surface area contributed by atoms with Crippen molar-refractivity contribution in [2.45, 2.75) is 44.6 Å². The number of aryl methyl sites for hydroxylation is 1. The molecule has 1 aliphatic carbocycles. The highest BCUT2D eigenvalue weighted by Gasteiger charge is 2.27. The molecule has 1 fully saturated rings. The molecule has 1 heterocycles. The molecule has 1 aromatic carbocycles. The number of nitrogens with two attached hydrogens (primary N) is 1. The van der Waals surface area contributed by atoms with E-state index in [1.165, 1.54) is 62.7 Å². The van der Waals surface area contributed by atoms with Crippen LogP contribution in [-0.2, 0) is 12.8 Å². The second kappa shape index (κ2) is 6.80. The van der Waals surface area contributed by atoms with Crippen molar-refractivity contribution >= 4 is 0 Å². The maximum absolute atomic E-state index is 5.69. The molecule has 0 saturated carbocycles. The third-order valence-electron chi connectivity index (χ3n) is 5.36. The fourth-order valence-electron chi connectivity index (χ4n) is 4.00. The highest BCUT2D eigenvalue weighted by molar-refractivity contribution is 5.37. The molecule has 1 unspecified atom stereocenters. The van der Waals surface area contributed by atoms with Gasteiger partial charge in [0.2, 0.25) is 0 Å². The lowest BCUT2D eigenvalue weighted by Gasteiger charge is -2.39. The molecular weight excluding hydrogens is 260 g/mol. The predicted molar refractivity (Wildman–Crippen MR) is 86.8 cm³/mol. The number of benzene rings is 1. The summed E-state index contributed by atoms with van der Waals surface area (Å²) in [6, 6.07) is 7.31. The molecule has 2 N–H and O–H groups in total. The van der Waals surface area contributed by atoms with Gasteiger partial charge in [-0.25, -0.2) is 0 Å². The van der Waals surface area contributed by atoms with Crippen LogP contribution in [-0.4, -0.2) is 37.7 Å². The van der Waals surface area contributed by atoms with Crippen molar-refractivity contribution in [1.29, 1.82) is 0 Å². The molecule has 0 spiro atoms. The van der Waals surface area contributed by atoms with Gasteiger partial charge < -0.3 is 15.4 Å². The van der Waals surface area contributed by atoms with E-state index in [1.54, 1.807) is 7.11 Å². The number of hydrogen-bond donors (Lipinski definition) is 1. The van der Waals surface area contributed by atoms with Gasteiger partial charge in [0.25, 0.3) is 0 Å². The molecule has 3 nitrogen and oxygen atoms in total. The number of hydrogen-bond acceptors (Lipinski definition) is 3. The number of ether oxygens (including phenoxy) is 1. The number of nitrogens with zero attached hydrogens (tertiary/aromatic N) is 1. The minimum Gasteiger partial charge on any atom is -0.497 e. The van der Waals surface area contributed by atoms with Gasteiger partial charge in [-0.1, -0.05) is 6.07 Å². The van der Waals surface area contributed by atoms with Crippen LogP contribution in [0.4, 0.5) is 0 Å². The fourth-order valence-corrected chi connectivity index (χ4v) is 4.00. The van der Waals surface area contributed by atoms with Crippen molar-refractivity contribution in [2.75, 3.05) is 26.7 Å². The monoisotopic (exact) mass is 288 g/mol. The molecule has 0 amide bonds. The summed E-state index contributed by atoms with van der Waals surface area (Å²) in [4.78, 5) is 2.72. The van der Waals surface area contributed by atoms with E-state index in [1.807, 2.05) is 0 Å². The first kappa shape index (κ1) is 14.9. The zero-order valence-corrected chi connectivity index (χ0v) is 13.2. The predicted octanol–water partition coefficient (Wildman–Crippen LogP) is 2.61. The van der Waals surface area contributed by atoms with Crippen LogP contribution in [0.1, 0.15) is 36.8 Å². The third-order valence-corrected chi connectivity index (χ3v) is 5.36. The number of fused-ring (bicyclic) bond motifs is 1. The minimum atomic E-state index is 0.725. The molecule has 116 valence electrons. The maximum Gasteiger partial charge on any atom is 0.119 e. The number of likely N-dealkylation sites (tertiary alicyclic amines) is 1. The Hall–Kier alpha value is -1.06. The van der Waals surface area contributed by atoms with Crippen molar-refractivity contribution in [3.05, 3.63) is 29.3 Å². The van der Waals surface area contributed by atoms with Crippen LogP contribution < -0.4 is 10.5 Å². The Labute approximate surface area is 128 Å². The van der Waals surface area contributed by atoms with Gasteiger partial charge in [0.05, 0.1) is 7.11 Å². The molecule has 1 aliphatic heterocycles. The molecule has 21 heavy (non-hydrogen) atoms. The summed E-state index contributed by atoms with van der Waals surface area (Å²) in [5.41, 5.74) is 8.71. The van der Waals surface area contributed by atoms with Gasteiger partial charge in [-0.3, -0.25) is 0 Å². The third kappa shape index (κ3) is 3.41. The Kier molecular flexibility index (Phi) is 4.81. The van der Waals surface area contributed by atoms with Crippen LogP contribution in [0.15, 0.2) is 18.2 Å². The van der Waals surface area contributed by atoms with Gasteiger partial charge in [0, 0.05) is 6.04 Å². The van der Waals surface area contributed by atoms with Gasteiger partial charge in [-0.05, 0) is 87.3 Å². The molecule has 0 bridgehead atoms. The minimum absolute atomic E-state index is 0.725. The van der Waals surface area contributed by atoms with E-state index in [0.717, 1.165) is 24.3 Å². The normalized spacial score (nSPS) is 23.8. The van der Waals surface area contributed by atoms with E-state index in [9.17, 15) is 0 Å². The van der Waals surface area contributed by atoms with Crippen LogP contribution >= 0.6 is 0 Å². The van der Waals surface area contributed by atoms with E-state index in [-0.39, 0.29) is 0 Å². The van der Waals surface area contributed by atoms with E-state index in [4.69, 9.17) is 10.5 Å². The Morgan fingerprint density at radius 3 is 2.71 bits per heavy atom. The zero-order chi connectivity index (χ0) is 14.7. The van der Waals surface area contributed by atoms with Crippen LogP contribution in [0.3, 0.4) is 0 Å². The molecule has 0 aromatic heterocycles. The molecular formula is C18H28N2O. The molecule has 2 aliphatic rings. The summed E-state index contributed by atoms with van der Waals surface area (Å²) in [5, 5.41) is 0. The summed E-state index contributed by atoms with van der Waals surface area (Å²) in [5.74, 6) is 1.86. The molecule has 3 rings (SSSR count). The summed E-state index contributed by atoms with van der Waals surface area (Å²) in [6.07, 6.45) is 7.58. The molecule has 1 aromatic rings. The second-order valence-electron chi connectivity index (χ2n) is 6.59. The Morgan fingerprint density at radius 1 is 1.19 bits per heavy atom. The van der Waals surface area contributed by atoms with E-state index < -0.39 is 0 Å². The molecule has 1 atom stereocenters. The van der Waals surface area contributed by atoms with Crippen molar-refractivity contribution in [3.8, 4) is 5.75 Å². The van der Waals surface area contributed by atoms with Crippen molar-refractivity contribution in [1.82, 2.24) is 4.90 Å². The molecule has 1 saturated heterocycles. The van der Waals surface area contributed by atoms with Crippen LogP contribution in [0, 0.1) is 5.92 Å². The van der Waals surface area contributed by atoms with Gasteiger partial charge in [0.15, 0.2) is 0 Å². The molecule has 3 heteroatoms. The first-order valence-electron chi connectivity index (χ1n) is 8.40. The first-order chi connectivity index (χ1) is 10.3. The van der Waals surface area contributed by atoms with Crippen LogP contribution in [0.25, 0.3) is 0 Å². The van der Waals surface area contributed by atoms with Gasteiger partial charge in [0.1, 0.15) is 5.75 Å². The van der Waals surface area contributed by atoms with Crippen LogP contribution in [0.5, 0.6) is 5.75 Å². The lowest BCUT2D eigenvalue weighted by Crippen LogP contribution is -2.44. The number of rotatable bonds is 4. The largest absolute Gasteiger partial charge is 0.497 e. The zero-order valence-electron chi connectivity index (χ0n) is 13.2. The van der Waals surface area contributed by atoms with Gasteiger partial charge in [-0.15, -0.1) is 0 Å².